The van der Waals surface area contributed by atoms with Gasteiger partial charge in [0.1, 0.15) is 5.60 Å². The monoisotopic (exact) mass is 390 g/mol. The van der Waals surface area contributed by atoms with Crippen LogP contribution in [0, 0.1) is 0 Å². The van der Waals surface area contributed by atoms with E-state index >= 15 is 0 Å². The van der Waals surface area contributed by atoms with Gasteiger partial charge in [-0.1, -0.05) is 115 Å². The summed E-state index contributed by atoms with van der Waals surface area (Å²) in [5.41, 5.74) is 5.19. The molecule has 0 N–H and O–H groups in total. The zero-order valence-corrected chi connectivity index (χ0v) is 16.6. The lowest BCUT2D eigenvalue weighted by Crippen LogP contribution is -2.44. The molecule has 3 atom stereocenters. The van der Waals surface area contributed by atoms with E-state index in [-0.39, 0.29) is 5.92 Å². The molecule has 2 heteroatoms. The van der Waals surface area contributed by atoms with Gasteiger partial charge in [-0.2, -0.15) is 0 Å². The van der Waals surface area contributed by atoms with E-state index in [1.54, 1.807) is 0 Å². The third-order valence-electron chi connectivity index (χ3n) is 6.45. The molecular weight excluding hydrogens is 368 g/mol. The lowest BCUT2D eigenvalue weighted by molar-refractivity contribution is -0.209. The van der Waals surface area contributed by atoms with Crippen molar-refractivity contribution in [2.75, 3.05) is 6.61 Å². The zero-order valence-electron chi connectivity index (χ0n) is 16.6. The van der Waals surface area contributed by atoms with Crippen LogP contribution in [0.4, 0.5) is 0 Å². The summed E-state index contributed by atoms with van der Waals surface area (Å²) in [7, 11) is 0. The Morgan fingerprint density at radius 3 is 1.87 bits per heavy atom. The summed E-state index contributed by atoms with van der Waals surface area (Å²) in [6.07, 6.45) is 0. The summed E-state index contributed by atoms with van der Waals surface area (Å²) in [4.78, 5) is 0. The summed E-state index contributed by atoms with van der Waals surface area (Å²) in [6, 6.07) is 40.1. The van der Waals surface area contributed by atoms with Gasteiger partial charge in [-0.05, 0) is 22.3 Å². The Morgan fingerprint density at radius 1 is 0.600 bits per heavy atom. The Kier molecular flexibility index (Phi) is 3.92. The van der Waals surface area contributed by atoms with Gasteiger partial charge in [-0.3, -0.25) is 0 Å². The molecule has 2 heterocycles. The predicted octanol–water partition coefficient (Wildman–Crippen LogP) is 5.98. The maximum Gasteiger partial charge on any atom is 0.207 e. The number of ether oxygens (including phenoxy) is 2. The Balaban J connectivity index is 1.67. The van der Waals surface area contributed by atoms with E-state index in [1.165, 1.54) is 16.7 Å². The number of rotatable bonds is 3. The molecule has 1 fully saturated rings. The smallest absolute Gasteiger partial charge is 0.207 e. The standard InChI is InChI=1S/C28H22O2/c1-4-12-21(13-5-1)26-24-18-10-11-19-25(24)27(22-14-6-2-7-15-22)20-29-28(26,30-27)23-16-8-3-9-17-23/h1-19,26H,20H2/t26?,27-,28+/m1/s1. The average Bonchev–Trinajstić information content (AvgIpc) is 3.19. The van der Waals surface area contributed by atoms with Crippen molar-refractivity contribution in [2.45, 2.75) is 17.3 Å². The third kappa shape index (κ3) is 2.38. The van der Waals surface area contributed by atoms with Crippen LogP contribution in [0.1, 0.15) is 33.7 Å². The van der Waals surface area contributed by atoms with Crippen molar-refractivity contribution in [1.82, 2.24) is 0 Å². The summed E-state index contributed by atoms with van der Waals surface area (Å²) in [5, 5.41) is 0. The van der Waals surface area contributed by atoms with Crippen LogP contribution in [-0.2, 0) is 20.9 Å². The van der Waals surface area contributed by atoms with Crippen LogP contribution in [0.15, 0.2) is 115 Å². The molecule has 4 aromatic rings. The Labute approximate surface area is 176 Å². The molecule has 0 aromatic heterocycles. The van der Waals surface area contributed by atoms with Crippen molar-refractivity contribution < 1.29 is 9.47 Å². The van der Waals surface area contributed by atoms with Gasteiger partial charge in [0, 0.05) is 5.56 Å². The first-order valence-corrected chi connectivity index (χ1v) is 10.4. The van der Waals surface area contributed by atoms with Gasteiger partial charge in [0.05, 0.1) is 12.5 Å². The summed E-state index contributed by atoms with van der Waals surface area (Å²) in [6.45, 7) is 0.478. The third-order valence-corrected chi connectivity index (χ3v) is 6.45. The zero-order chi connectivity index (χ0) is 20.0. The molecule has 6 rings (SSSR count). The van der Waals surface area contributed by atoms with Gasteiger partial charge in [-0.25, -0.2) is 0 Å². The van der Waals surface area contributed by atoms with Crippen LogP contribution in [0.25, 0.3) is 0 Å². The predicted molar refractivity (Wildman–Crippen MR) is 117 cm³/mol. The maximum atomic E-state index is 7.12. The lowest BCUT2D eigenvalue weighted by Gasteiger charge is -2.45. The van der Waals surface area contributed by atoms with Crippen molar-refractivity contribution in [3.05, 3.63) is 143 Å². The van der Waals surface area contributed by atoms with Crippen LogP contribution in [0.2, 0.25) is 0 Å². The van der Waals surface area contributed by atoms with E-state index in [1.807, 2.05) is 12.1 Å². The highest BCUT2D eigenvalue weighted by Gasteiger charge is 2.62. The van der Waals surface area contributed by atoms with Crippen LogP contribution in [-0.4, -0.2) is 6.61 Å². The first-order valence-electron chi connectivity index (χ1n) is 10.4. The number of fused-ring (bicyclic) bond motifs is 4. The van der Waals surface area contributed by atoms with E-state index in [0.29, 0.717) is 6.61 Å². The van der Waals surface area contributed by atoms with Crippen molar-refractivity contribution >= 4 is 0 Å². The molecule has 2 nitrogen and oxygen atoms in total. The highest BCUT2D eigenvalue weighted by atomic mass is 16.8. The topological polar surface area (TPSA) is 18.5 Å². The van der Waals surface area contributed by atoms with Gasteiger partial charge in [0.25, 0.3) is 0 Å². The minimum atomic E-state index is -0.882. The lowest BCUT2D eigenvalue weighted by atomic mass is 9.72. The van der Waals surface area contributed by atoms with Crippen LogP contribution in [0.3, 0.4) is 0 Å². The number of hydrogen-bond donors (Lipinski definition) is 0. The molecule has 146 valence electrons. The second-order valence-corrected chi connectivity index (χ2v) is 8.05. The molecule has 0 aliphatic carbocycles. The van der Waals surface area contributed by atoms with Gasteiger partial charge in [-0.15, -0.1) is 0 Å². The Bertz CT molecular complexity index is 1170. The highest BCUT2D eigenvalue weighted by Crippen LogP contribution is 2.61. The first kappa shape index (κ1) is 17.6. The quantitative estimate of drug-likeness (QED) is 0.429. The van der Waals surface area contributed by atoms with Gasteiger partial charge in [0.15, 0.2) is 0 Å². The molecule has 1 saturated heterocycles. The maximum absolute atomic E-state index is 7.12. The van der Waals surface area contributed by atoms with Gasteiger partial charge >= 0.3 is 0 Å². The van der Waals surface area contributed by atoms with Crippen LogP contribution >= 0.6 is 0 Å². The molecule has 0 saturated carbocycles. The van der Waals surface area contributed by atoms with Crippen molar-refractivity contribution in [3.63, 3.8) is 0 Å². The summed E-state index contributed by atoms with van der Waals surface area (Å²) in [5.74, 6) is -0.941. The minimum Gasteiger partial charge on any atom is -0.341 e. The number of hydrogen-bond acceptors (Lipinski definition) is 2. The van der Waals surface area contributed by atoms with Crippen LogP contribution < -0.4 is 0 Å². The fourth-order valence-electron chi connectivity index (χ4n) is 5.15. The van der Waals surface area contributed by atoms with Crippen LogP contribution in [0.5, 0.6) is 0 Å². The normalized spacial score (nSPS) is 26.9. The summed E-state index contributed by atoms with van der Waals surface area (Å²) >= 11 is 0. The molecule has 2 bridgehead atoms. The molecule has 0 spiro atoms. The molecule has 2 aliphatic heterocycles. The largest absolute Gasteiger partial charge is 0.341 e. The molecule has 1 unspecified atom stereocenters. The van der Waals surface area contributed by atoms with Gasteiger partial charge < -0.3 is 9.47 Å². The second-order valence-electron chi connectivity index (χ2n) is 8.05. The molecule has 0 amide bonds. The SMILES string of the molecule is c1ccc(C2c3ccccc3[C@]3(c4ccccc4)CO[C@@]2(c2ccccc2)O3)cc1. The van der Waals surface area contributed by atoms with Gasteiger partial charge in [0.2, 0.25) is 5.79 Å². The van der Waals surface area contributed by atoms with Crippen molar-refractivity contribution in [3.8, 4) is 0 Å². The van der Waals surface area contributed by atoms with E-state index in [4.69, 9.17) is 9.47 Å². The molecule has 0 radical (unpaired) electrons. The van der Waals surface area contributed by atoms with E-state index < -0.39 is 11.4 Å². The summed E-state index contributed by atoms with van der Waals surface area (Å²) < 4.78 is 13.9. The van der Waals surface area contributed by atoms with E-state index in [9.17, 15) is 0 Å². The number of benzene rings is 4. The average molecular weight is 390 g/mol. The molecule has 30 heavy (non-hydrogen) atoms. The van der Waals surface area contributed by atoms with E-state index in [2.05, 4.69) is 103 Å². The molecular formula is C28H22O2. The molecule has 4 aromatic carbocycles. The molecule has 2 aliphatic rings. The second kappa shape index (κ2) is 6.66. The first-order chi connectivity index (χ1) is 14.8. The van der Waals surface area contributed by atoms with Crippen molar-refractivity contribution in [2.24, 2.45) is 0 Å². The highest BCUT2D eigenvalue weighted by molar-refractivity contribution is 5.53. The fraction of sp³-hybridized carbons (Fsp3) is 0.143. The van der Waals surface area contributed by atoms with E-state index in [0.717, 1.165) is 11.1 Å². The minimum absolute atomic E-state index is 0.0587. The Morgan fingerprint density at radius 2 is 1.17 bits per heavy atom. The fourth-order valence-corrected chi connectivity index (χ4v) is 5.15. The van der Waals surface area contributed by atoms with Crippen molar-refractivity contribution in [1.29, 1.82) is 0 Å². The Hall–Kier alpha value is -3.20.